The second kappa shape index (κ2) is 6.67. The topological polar surface area (TPSA) is 106 Å². The molecule has 3 N–H and O–H groups in total. The standard InChI is InChI=1S/C9H22N2O4S2/c1-4-17(14,15)7-5-6-9(11-10)8(2)16(3,12)13/h8-9,11H,4-7,10H2,1-3H3. The van der Waals surface area contributed by atoms with E-state index in [-0.39, 0.29) is 11.5 Å². The van der Waals surface area contributed by atoms with Gasteiger partial charge in [0.05, 0.1) is 11.0 Å². The summed E-state index contributed by atoms with van der Waals surface area (Å²) in [5.74, 6) is 5.46. The molecular weight excluding hydrogens is 264 g/mol. The number of hydrogen-bond donors (Lipinski definition) is 2. The number of hydrazine groups is 1. The highest BCUT2D eigenvalue weighted by Gasteiger charge is 2.25. The summed E-state index contributed by atoms with van der Waals surface area (Å²) in [6.07, 6.45) is 1.97. The van der Waals surface area contributed by atoms with Crippen LogP contribution in [0.1, 0.15) is 26.7 Å². The van der Waals surface area contributed by atoms with Crippen molar-refractivity contribution in [2.24, 2.45) is 5.84 Å². The van der Waals surface area contributed by atoms with Crippen molar-refractivity contribution in [2.75, 3.05) is 17.8 Å². The molecule has 2 atom stereocenters. The van der Waals surface area contributed by atoms with E-state index >= 15 is 0 Å². The molecule has 0 heterocycles. The fraction of sp³-hybridized carbons (Fsp3) is 1.00. The summed E-state index contributed by atoms with van der Waals surface area (Å²) in [6.45, 7) is 3.15. The summed E-state index contributed by atoms with van der Waals surface area (Å²) in [4.78, 5) is 0. The summed E-state index contributed by atoms with van der Waals surface area (Å²) in [6, 6.07) is -0.419. The Kier molecular flexibility index (Phi) is 6.60. The first-order valence-corrected chi connectivity index (χ1v) is 9.27. The van der Waals surface area contributed by atoms with Crippen LogP contribution in [0.5, 0.6) is 0 Å². The van der Waals surface area contributed by atoms with Crippen LogP contribution in [0.4, 0.5) is 0 Å². The van der Waals surface area contributed by atoms with E-state index in [1.54, 1.807) is 13.8 Å². The molecule has 0 aromatic carbocycles. The van der Waals surface area contributed by atoms with E-state index in [1.807, 2.05) is 0 Å². The molecule has 2 unspecified atom stereocenters. The average Bonchev–Trinajstić information content (AvgIpc) is 2.22. The van der Waals surface area contributed by atoms with Gasteiger partial charge in [-0.2, -0.15) is 0 Å². The first-order valence-electron chi connectivity index (χ1n) is 5.49. The number of sulfone groups is 2. The lowest BCUT2D eigenvalue weighted by Crippen LogP contribution is -2.46. The first kappa shape index (κ1) is 16.8. The van der Waals surface area contributed by atoms with Crippen molar-refractivity contribution >= 4 is 19.7 Å². The van der Waals surface area contributed by atoms with Crippen molar-refractivity contribution in [2.45, 2.75) is 38.0 Å². The third kappa shape index (κ3) is 6.35. The van der Waals surface area contributed by atoms with Crippen molar-refractivity contribution in [1.29, 1.82) is 0 Å². The van der Waals surface area contributed by atoms with Gasteiger partial charge in [-0.05, 0) is 19.8 Å². The van der Waals surface area contributed by atoms with Gasteiger partial charge in [0.2, 0.25) is 0 Å². The minimum absolute atomic E-state index is 0.0676. The molecule has 0 rings (SSSR count). The van der Waals surface area contributed by atoms with Crippen LogP contribution in [-0.4, -0.2) is 45.9 Å². The maximum absolute atomic E-state index is 11.3. The van der Waals surface area contributed by atoms with E-state index in [2.05, 4.69) is 5.43 Å². The molecule has 0 aliphatic heterocycles. The molecule has 0 spiro atoms. The Morgan fingerprint density at radius 1 is 1.24 bits per heavy atom. The Hall–Kier alpha value is -0.180. The maximum Gasteiger partial charge on any atom is 0.151 e. The van der Waals surface area contributed by atoms with Crippen molar-refractivity contribution in [3.8, 4) is 0 Å². The van der Waals surface area contributed by atoms with Gasteiger partial charge in [0, 0.05) is 18.1 Å². The predicted octanol–water partition coefficient (Wildman–Crippen LogP) is -0.534. The fourth-order valence-corrected chi connectivity index (χ4v) is 3.13. The van der Waals surface area contributed by atoms with Crippen molar-refractivity contribution in [3.05, 3.63) is 0 Å². The van der Waals surface area contributed by atoms with Gasteiger partial charge in [-0.3, -0.25) is 11.3 Å². The molecule has 0 saturated heterocycles. The van der Waals surface area contributed by atoms with Gasteiger partial charge in [0.15, 0.2) is 9.84 Å². The lowest BCUT2D eigenvalue weighted by atomic mass is 10.1. The molecule has 0 radical (unpaired) electrons. The van der Waals surface area contributed by atoms with Gasteiger partial charge in [0.1, 0.15) is 9.84 Å². The molecular formula is C9H22N2O4S2. The van der Waals surface area contributed by atoms with Crippen LogP contribution < -0.4 is 11.3 Å². The van der Waals surface area contributed by atoms with Crippen molar-refractivity contribution in [1.82, 2.24) is 5.43 Å². The predicted molar refractivity (Wildman–Crippen MR) is 69.0 cm³/mol. The molecule has 0 aromatic heterocycles. The molecule has 0 bridgehead atoms. The van der Waals surface area contributed by atoms with Gasteiger partial charge >= 0.3 is 0 Å². The van der Waals surface area contributed by atoms with Crippen LogP contribution in [0.3, 0.4) is 0 Å². The molecule has 104 valence electrons. The molecule has 0 saturated carbocycles. The third-order valence-electron chi connectivity index (χ3n) is 2.87. The molecule has 0 aliphatic carbocycles. The average molecular weight is 286 g/mol. The number of nitrogens with one attached hydrogen (secondary N) is 1. The van der Waals surface area contributed by atoms with Gasteiger partial charge in [-0.15, -0.1) is 0 Å². The molecule has 0 amide bonds. The van der Waals surface area contributed by atoms with Crippen LogP contribution in [0.2, 0.25) is 0 Å². The molecule has 17 heavy (non-hydrogen) atoms. The maximum atomic E-state index is 11.3. The third-order valence-corrected chi connectivity index (χ3v) is 6.34. The summed E-state index contributed by atoms with van der Waals surface area (Å²) < 4.78 is 45.2. The summed E-state index contributed by atoms with van der Waals surface area (Å²) in [5.41, 5.74) is 2.44. The molecule has 8 heteroatoms. The molecule has 0 aromatic rings. The lowest BCUT2D eigenvalue weighted by Gasteiger charge is -2.21. The van der Waals surface area contributed by atoms with Crippen LogP contribution in [0.25, 0.3) is 0 Å². The highest BCUT2D eigenvalue weighted by atomic mass is 32.2. The second-order valence-corrected chi connectivity index (χ2v) is 9.06. The van der Waals surface area contributed by atoms with E-state index in [0.717, 1.165) is 6.26 Å². The number of nitrogens with two attached hydrogens (primary N) is 1. The summed E-state index contributed by atoms with van der Waals surface area (Å²) in [7, 11) is -6.18. The van der Waals surface area contributed by atoms with E-state index < -0.39 is 31.0 Å². The van der Waals surface area contributed by atoms with Gasteiger partial charge in [-0.25, -0.2) is 16.8 Å². The number of rotatable bonds is 8. The largest absolute Gasteiger partial charge is 0.271 e. The quantitative estimate of drug-likeness (QED) is 0.459. The Bertz CT molecular complexity index is 416. The monoisotopic (exact) mass is 286 g/mol. The first-order chi connectivity index (χ1) is 7.64. The zero-order valence-electron chi connectivity index (χ0n) is 10.5. The number of hydrogen-bond acceptors (Lipinski definition) is 6. The van der Waals surface area contributed by atoms with Crippen molar-refractivity contribution in [3.63, 3.8) is 0 Å². The van der Waals surface area contributed by atoms with E-state index in [9.17, 15) is 16.8 Å². The van der Waals surface area contributed by atoms with Crippen LogP contribution in [0, 0.1) is 0 Å². The minimum Gasteiger partial charge on any atom is -0.271 e. The lowest BCUT2D eigenvalue weighted by molar-refractivity contribution is 0.465. The SMILES string of the molecule is CCS(=O)(=O)CCCC(NN)C(C)S(C)(=O)=O. The minimum atomic E-state index is -3.18. The summed E-state index contributed by atoms with van der Waals surface area (Å²) in [5, 5.41) is -0.628. The summed E-state index contributed by atoms with van der Waals surface area (Å²) >= 11 is 0. The van der Waals surface area contributed by atoms with E-state index in [0.29, 0.717) is 12.8 Å². The Balaban J connectivity index is 4.36. The normalized spacial score (nSPS) is 16.7. The van der Waals surface area contributed by atoms with Crippen LogP contribution >= 0.6 is 0 Å². The van der Waals surface area contributed by atoms with Gasteiger partial charge < -0.3 is 0 Å². The highest BCUT2D eigenvalue weighted by Crippen LogP contribution is 2.10. The second-order valence-electron chi connectivity index (χ2n) is 4.19. The highest BCUT2D eigenvalue weighted by molar-refractivity contribution is 7.91. The fourth-order valence-electron chi connectivity index (χ4n) is 1.42. The van der Waals surface area contributed by atoms with Crippen LogP contribution in [0.15, 0.2) is 0 Å². The van der Waals surface area contributed by atoms with E-state index in [1.165, 1.54) is 0 Å². The molecule has 6 nitrogen and oxygen atoms in total. The Morgan fingerprint density at radius 3 is 2.12 bits per heavy atom. The Morgan fingerprint density at radius 2 is 1.76 bits per heavy atom. The molecule has 0 fully saturated rings. The van der Waals surface area contributed by atoms with E-state index in [4.69, 9.17) is 5.84 Å². The zero-order valence-corrected chi connectivity index (χ0v) is 12.1. The smallest absolute Gasteiger partial charge is 0.151 e. The van der Waals surface area contributed by atoms with Crippen molar-refractivity contribution < 1.29 is 16.8 Å². The van der Waals surface area contributed by atoms with Gasteiger partial charge in [0.25, 0.3) is 0 Å². The van der Waals surface area contributed by atoms with Gasteiger partial charge in [-0.1, -0.05) is 6.92 Å². The van der Waals surface area contributed by atoms with Crippen LogP contribution in [-0.2, 0) is 19.7 Å². The zero-order chi connectivity index (χ0) is 13.7. The molecule has 0 aliphatic rings. The Labute approximate surface area is 104 Å².